The molecule has 0 aromatic carbocycles. The Bertz CT molecular complexity index is 423. The molecule has 0 N–H and O–H groups in total. The van der Waals surface area contributed by atoms with Crippen molar-refractivity contribution in [3.05, 3.63) is 12.2 Å². The predicted octanol–water partition coefficient (Wildman–Crippen LogP) is 3.05. The summed E-state index contributed by atoms with van der Waals surface area (Å²) < 4.78 is 11.6. The van der Waals surface area contributed by atoms with Gasteiger partial charge in [0, 0.05) is 0 Å². The summed E-state index contributed by atoms with van der Waals surface area (Å²) in [5.41, 5.74) is 0. The van der Waals surface area contributed by atoms with Crippen molar-refractivity contribution in [2.45, 2.75) is 96.8 Å². The molecule has 0 saturated carbocycles. The second kappa shape index (κ2) is 20.3. The number of hydrogen-bond donors (Lipinski definition) is 0. The molecule has 5 heteroatoms. The SMILES string of the molecule is CCCCCCCC/C=C\CCCCCCCCOC(=O)C[N+]1(C)CCOCC1.[Cl-]. The first-order chi connectivity index (χ1) is 14.2. The summed E-state index contributed by atoms with van der Waals surface area (Å²) >= 11 is 0. The number of rotatable bonds is 18. The monoisotopic (exact) mass is 445 g/mol. The van der Waals surface area contributed by atoms with Crippen molar-refractivity contribution in [3.8, 4) is 0 Å². The van der Waals surface area contributed by atoms with Crippen LogP contribution in [-0.4, -0.2) is 57.0 Å². The number of ether oxygens (including phenoxy) is 2. The van der Waals surface area contributed by atoms with Crippen molar-refractivity contribution in [2.24, 2.45) is 0 Å². The molecule has 0 bridgehead atoms. The molecule has 1 aliphatic rings. The van der Waals surface area contributed by atoms with Crippen molar-refractivity contribution in [1.29, 1.82) is 0 Å². The smallest absolute Gasteiger partial charge is 0.361 e. The number of nitrogens with zero attached hydrogens (tertiary/aromatic N) is 1. The molecule has 0 aromatic heterocycles. The zero-order valence-corrected chi connectivity index (χ0v) is 20.6. The zero-order chi connectivity index (χ0) is 21.0. The Kier molecular flexibility index (Phi) is 19.9. The van der Waals surface area contributed by atoms with Crippen LogP contribution in [-0.2, 0) is 14.3 Å². The van der Waals surface area contributed by atoms with Crippen LogP contribution in [0.25, 0.3) is 0 Å². The Labute approximate surface area is 192 Å². The molecule has 178 valence electrons. The van der Waals surface area contributed by atoms with Gasteiger partial charge in [-0.2, -0.15) is 0 Å². The Morgan fingerprint density at radius 3 is 1.90 bits per heavy atom. The number of quaternary nitrogens is 1. The molecule has 30 heavy (non-hydrogen) atoms. The lowest BCUT2D eigenvalue weighted by Gasteiger charge is -2.36. The number of carbonyl (C=O) groups excluding carboxylic acids is 1. The van der Waals surface area contributed by atoms with Crippen molar-refractivity contribution < 1.29 is 31.2 Å². The number of allylic oxidation sites excluding steroid dienone is 2. The van der Waals surface area contributed by atoms with Gasteiger partial charge in [-0.05, 0) is 32.1 Å². The number of likely N-dealkylation sites (N-methyl/N-ethyl adjacent to an activating group) is 1. The Hall–Kier alpha value is -0.580. The number of unbranched alkanes of at least 4 members (excludes halogenated alkanes) is 12. The van der Waals surface area contributed by atoms with E-state index in [1.54, 1.807) is 0 Å². The van der Waals surface area contributed by atoms with Gasteiger partial charge in [0.25, 0.3) is 0 Å². The van der Waals surface area contributed by atoms with E-state index in [4.69, 9.17) is 9.47 Å². The van der Waals surface area contributed by atoms with Gasteiger partial charge >= 0.3 is 5.97 Å². The van der Waals surface area contributed by atoms with E-state index in [1.807, 2.05) is 0 Å². The van der Waals surface area contributed by atoms with Gasteiger partial charge in [-0.25, -0.2) is 4.79 Å². The van der Waals surface area contributed by atoms with Gasteiger partial charge in [0.2, 0.25) is 0 Å². The number of esters is 1. The van der Waals surface area contributed by atoms with Gasteiger partial charge in [-0.3, -0.25) is 0 Å². The minimum Gasteiger partial charge on any atom is -1.00 e. The van der Waals surface area contributed by atoms with Crippen molar-refractivity contribution >= 4 is 5.97 Å². The Morgan fingerprint density at radius 2 is 1.33 bits per heavy atom. The fourth-order valence-corrected chi connectivity index (χ4v) is 3.83. The summed E-state index contributed by atoms with van der Waals surface area (Å²) in [6.45, 7) is 6.64. The van der Waals surface area contributed by atoms with E-state index in [2.05, 4.69) is 26.1 Å². The fraction of sp³-hybridized carbons (Fsp3) is 0.880. The van der Waals surface area contributed by atoms with Gasteiger partial charge in [-0.1, -0.05) is 76.9 Å². The molecule has 0 aliphatic carbocycles. The molecule has 0 spiro atoms. The predicted molar refractivity (Wildman–Crippen MR) is 122 cm³/mol. The summed E-state index contributed by atoms with van der Waals surface area (Å²) in [6.07, 6.45) is 22.9. The quantitative estimate of drug-likeness (QED) is 0.141. The molecular formula is C25H48ClNO3. The molecule has 0 aromatic rings. The molecule has 1 aliphatic heterocycles. The highest BCUT2D eigenvalue weighted by molar-refractivity contribution is 5.70. The number of carbonyl (C=O) groups is 1. The van der Waals surface area contributed by atoms with Crippen molar-refractivity contribution in [3.63, 3.8) is 0 Å². The van der Waals surface area contributed by atoms with Crippen molar-refractivity contribution in [1.82, 2.24) is 0 Å². The van der Waals surface area contributed by atoms with E-state index in [-0.39, 0.29) is 18.4 Å². The molecule has 1 rings (SSSR count). The molecule has 0 radical (unpaired) electrons. The molecule has 0 amide bonds. The third-order valence-electron chi connectivity index (χ3n) is 5.98. The largest absolute Gasteiger partial charge is 1.00 e. The normalized spacial score (nSPS) is 15.8. The van der Waals surface area contributed by atoms with E-state index >= 15 is 0 Å². The lowest BCUT2D eigenvalue weighted by molar-refractivity contribution is -0.910. The van der Waals surface area contributed by atoms with Crippen LogP contribution in [0.15, 0.2) is 12.2 Å². The first-order valence-corrected chi connectivity index (χ1v) is 12.4. The van der Waals surface area contributed by atoms with Crippen LogP contribution >= 0.6 is 0 Å². The zero-order valence-electron chi connectivity index (χ0n) is 19.8. The van der Waals surface area contributed by atoms with Gasteiger partial charge in [0.15, 0.2) is 6.54 Å². The molecule has 0 unspecified atom stereocenters. The lowest BCUT2D eigenvalue weighted by atomic mass is 10.1. The van der Waals surface area contributed by atoms with Crippen LogP contribution in [0, 0.1) is 0 Å². The molecule has 1 heterocycles. The van der Waals surface area contributed by atoms with E-state index in [9.17, 15) is 4.79 Å². The van der Waals surface area contributed by atoms with Crippen LogP contribution in [0.3, 0.4) is 0 Å². The summed E-state index contributed by atoms with van der Waals surface area (Å²) in [5, 5.41) is 0. The summed E-state index contributed by atoms with van der Waals surface area (Å²) in [5.74, 6) is -0.0536. The summed E-state index contributed by atoms with van der Waals surface area (Å²) in [4.78, 5) is 12.0. The average molecular weight is 446 g/mol. The van der Waals surface area contributed by atoms with Crippen LogP contribution in [0.4, 0.5) is 0 Å². The fourth-order valence-electron chi connectivity index (χ4n) is 3.83. The van der Waals surface area contributed by atoms with Crippen LogP contribution in [0.5, 0.6) is 0 Å². The molecule has 4 nitrogen and oxygen atoms in total. The number of morpholine rings is 1. The lowest BCUT2D eigenvalue weighted by Crippen LogP contribution is -3.00. The van der Waals surface area contributed by atoms with E-state index in [1.165, 1.54) is 83.5 Å². The van der Waals surface area contributed by atoms with Gasteiger partial charge in [-0.15, -0.1) is 0 Å². The molecule has 1 fully saturated rings. The van der Waals surface area contributed by atoms with Crippen LogP contribution in [0.1, 0.15) is 96.8 Å². The first-order valence-electron chi connectivity index (χ1n) is 12.4. The van der Waals surface area contributed by atoms with Gasteiger partial charge < -0.3 is 26.4 Å². The highest BCUT2D eigenvalue weighted by Crippen LogP contribution is 2.11. The molecule has 1 saturated heterocycles. The topological polar surface area (TPSA) is 35.5 Å². The maximum absolute atomic E-state index is 12.0. The minimum absolute atomic E-state index is 0. The van der Waals surface area contributed by atoms with E-state index in [0.29, 0.717) is 13.2 Å². The number of halogens is 1. The summed E-state index contributed by atoms with van der Waals surface area (Å²) in [7, 11) is 2.12. The maximum Gasteiger partial charge on any atom is 0.361 e. The average Bonchev–Trinajstić information content (AvgIpc) is 2.70. The van der Waals surface area contributed by atoms with Crippen LogP contribution in [0.2, 0.25) is 0 Å². The maximum atomic E-state index is 12.0. The second-order valence-corrected chi connectivity index (χ2v) is 9.00. The van der Waals surface area contributed by atoms with E-state index in [0.717, 1.165) is 37.2 Å². The highest BCUT2D eigenvalue weighted by Gasteiger charge is 2.28. The first kappa shape index (κ1) is 29.4. The minimum atomic E-state index is -0.0536. The Morgan fingerprint density at radius 1 is 0.833 bits per heavy atom. The standard InChI is InChI=1S/C25H48NO3.ClH/c1-3-4-5-6-7-8-9-10-11-12-13-14-15-16-17-18-21-29-25(27)24-26(2)19-22-28-23-20-26;/h10-11H,3-9,12-24H2,1-2H3;1H/q+1;/p-1/b11-10-;. The van der Waals surface area contributed by atoms with Gasteiger partial charge in [0.05, 0.1) is 26.9 Å². The molecule has 0 atom stereocenters. The van der Waals surface area contributed by atoms with E-state index < -0.39 is 0 Å². The molecular weight excluding hydrogens is 398 g/mol. The highest BCUT2D eigenvalue weighted by atomic mass is 35.5. The third-order valence-corrected chi connectivity index (χ3v) is 5.98. The van der Waals surface area contributed by atoms with Crippen molar-refractivity contribution in [2.75, 3.05) is 46.5 Å². The van der Waals surface area contributed by atoms with Crippen LogP contribution < -0.4 is 12.4 Å². The third kappa shape index (κ3) is 17.1. The van der Waals surface area contributed by atoms with Gasteiger partial charge in [0.1, 0.15) is 13.1 Å². The number of hydrogen-bond acceptors (Lipinski definition) is 3. The second-order valence-electron chi connectivity index (χ2n) is 9.00. The summed E-state index contributed by atoms with van der Waals surface area (Å²) in [6, 6.07) is 0. The Balaban J connectivity index is 0.00000841.